The number of hydrogen-bond acceptors (Lipinski definition) is 7. The third-order valence-electron chi connectivity index (χ3n) is 5.55. The lowest BCUT2D eigenvalue weighted by molar-refractivity contribution is -0.135. The lowest BCUT2D eigenvalue weighted by Crippen LogP contribution is -2.49. The number of nitrogens with zero attached hydrogens (tertiary/aromatic N) is 4. The number of carbonyl (C=O) groups is 1. The zero-order valence-electron chi connectivity index (χ0n) is 19.2. The molecule has 1 saturated heterocycles. The molecule has 4 rings (SSSR count). The van der Waals surface area contributed by atoms with E-state index in [-0.39, 0.29) is 12.5 Å². The van der Waals surface area contributed by atoms with Gasteiger partial charge in [-0.15, -0.1) is 0 Å². The van der Waals surface area contributed by atoms with Crippen molar-refractivity contribution >= 4 is 23.6 Å². The van der Waals surface area contributed by atoms with Gasteiger partial charge in [-0.2, -0.15) is 4.98 Å². The second-order valence-electron chi connectivity index (χ2n) is 7.87. The fourth-order valence-electron chi connectivity index (χ4n) is 3.71. The normalized spacial score (nSPS) is 14.5. The summed E-state index contributed by atoms with van der Waals surface area (Å²) in [7, 11) is 1.59. The van der Waals surface area contributed by atoms with E-state index < -0.39 is 0 Å². The molecule has 1 aliphatic heterocycles. The first-order chi connectivity index (χ1) is 16.6. The van der Waals surface area contributed by atoms with Crippen molar-refractivity contribution in [1.82, 2.24) is 19.9 Å². The Morgan fingerprint density at radius 3 is 2.59 bits per heavy atom. The molecule has 0 radical (unpaired) electrons. The smallest absolute Gasteiger partial charge is 0.260 e. The number of piperazine rings is 1. The zero-order chi connectivity index (χ0) is 23.9. The van der Waals surface area contributed by atoms with Gasteiger partial charge in [-0.3, -0.25) is 9.69 Å². The maximum absolute atomic E-state index is 12.7. The number of benzene rings is 2. The molecule has 0 spiro atoms. The largest absolute Gasteiger partial charge is 0.493 e. The second-order valence-corrected chi connectivity index (χ2v) is 8.31. The molecule has 0 aliphatic carbocycles. The fraction of sp³-hybridized carbons (Fsp3) is 0.320. The molecule has 0 unspecified atom stereocenters. The van der Waals surface area contributed by atoms with Crippen LogP contribution in [0, 0.1) is 0 Å². The maximum atomic E-state index is 12.7. The summed E-state index contributed by atoms with van der Waals surface area (Å²) in [4.78, 5) is 21.1. The Balaban J connectivity index is 1.25. The molecule has 9 heteroatoms. The second kappa shape index (κ2) is 11.2. The number of allylic oxidation sites excluding steroid dienone is 1. The van der Waals surface area contributed by atoms with E-state index in [0.717, 1.165) is 11.1 Å². The van der Waals surface area contributed by atoms with E-state index in [1.165, 1.54) is 0 Å². The number of amides is 1. The topological polar surface area (TPSA) is 80.9 Å². The third-order valence-corrected chi connectivity index (χ3v) is 5.80. The molecule has 1 amide bonds. The van der Waals surface area contributed by atoms with Gasteiger partial charge < -0.3 is 18.9 Å². The standard InChI is InChI=1S/C25H27ClN4O4/c1-3-4-18-5-10-21(22(15-18)32-2)33-17-24(31)30-13-11-29(12-14-30)16-23-27-25(28-34-23)19-6-8-20(26)9-7-19/h3-10,15H,11-14,16-17H2,1-2H3. The Morgan fingerprint density at radius 1 is 1.12 bits per heavy atom. The van der Waals surface area contributed by atoms with Crippen molar-refractivity contribution in [3.63, 3.8) is 0 Å². The molecule has 1 fully saturated rings. The van der Waals surface area contributed by atoms with Crippen LogP contribution in [-0.2, 0) is 11.3 Å². The van der Waals surface area contributed by atoms with Gasteiger partial charge in [0.2, 0.25) is 11.7 Å². The number of aromatic nitrogens is 2. The minimum Gasteiger partial charge on any atom is -0.493 e. The van der Waals surface area contributed by atoms with Gasteiger partial charge in [-0.05, 0) is 48.9 Å². The van der Waals surface area contributed by atoms with Crippen LogP contribution in [0.3, 0.4) is 0 Å². The van der Waals surface area contributed by atoms with Crippen molar-refractivity contribution < 1.29 is 18.8 Å². The molecular formula is C25H27ClN4O4. The van der Waals surface area contributed by atoms with Gasteiger partial charge in [-0.25, -0.2) is 0 Å². The zero-order valence-corrected chi connectivity index (χ0v) is 20.0. The van der Waals surface area contributed by atoms with Crippen LogP contribution < -0.4 is 9.47 Å². The molecule has 0 atom stereocenters. The van der Waals surface area contributed by atoms with Crippen molar-refractivity contribution in [2.45, 2.75) is 13.5 Å². The highest BCUT2D eigenvalue weighted by Crippen LogP contribution is 2.28. The highest BCUT2D eigenvalue weighted by molar-refractivity contribution is 6.30. The summed E-state index contributed by atoms with van der Waals surface area (Å²) in [5, 5.41) is 4.72. The van der Waals surface area contributed by atoms with E-state index in [4.69, 9.17) is 25.6 Å². The summed E-state index contributed by atoms with van der Waals surface area (Å²) in [6.45, 7) is 5.10. The summed E-state index contributed by atoms with van der Waals surface area (Å²) in [5.74, 6) is 2.18. The predicted molar refractivity (Wildman–Crippen MR) is 130 cm³/mol. The predicted octanol–water partition coefficient (Wildman–Crippen LogP) is 4.15. The first-order valence-electron chi connectivity index (χ1n) is 11.1. The molecule has 1 aliphatic rings. The monoisotopic (exact) mass is 482 g/mol. The van der Waals surface area contributed by atoms with Gasteiger partial charge in [0.1, 0.15) is 0 Å². The summed E-state index contributed by atoms with van der Waals surface area (Å²) < 4.78 is 16.6. The fourth-order valence-corrected chi connectivity index (χ4v) is 3.84. The number of hydrogen-bond donors (Lipinski definition) is 0. The highest BCUT2D eigenvalue weighted by Gasteiger charge is 2.23. The Bertz CT molecular complexity index is 1140. The number of halogens is 1. The number of methoxy groups -OCH3 is 1. The SMILES string of the molecule is CC=Cc1ccc(OCC(=O)N2CCN(Cc3nc(-c4ccc(Cl)cc4)no3)CC2)c(OC)c1. The molecule has 178 valence electrons. The van der Waals surface area contributed by atoms with Crippen LogP contribution in [0.2, 0.25) is 5.02 Å². The maximum Gasteiger partial charge on any atom is 0.260 e. The highest BCUT2D eigenvalue weighted by atomic mass is 35.5. The minimum atomic E-state index is -0.0537. The molecule has 1 aromatic heterocycles. The number of carbonyl (C=O) groups excluding carboxylic acids is 1. The molecule has 3 aromatic rings. The lowest BCUT2D eigenvalue weighted by atomic mass is 10.2. The van der Waals surface area contributed by atoms with Crippen LogP contribution in [0.15, 0.2) is 53.1 Å². The summed E-state index contributed by atoms with van der Waals surface area (Å²) >= 11 is 5.93. The molecule has 2 aromatic carbocycles. The molecule has 34 heavy (non-hydrogen) atoms. The molecule has 0 saturated carbocycles. The van der Waals surface area contributed by atoms with E-state index >= 15 is 0 Å². The molecule has 0 N–H and O–H groups in total. The Hall–Kier alpha value is -3.36. The third kappa shape index (κ3) is 5.95. The van der Waals surface area contributed by atoms with E-state index in [9.17, 15) is 4.79 Å². The lowest BCUT2D eigenvalue weighted by Gasteiger charge is -2.33. The summed E-state index contributed by atoms with van der Waals surface area (Å²) in [6, 6.07) is 12.9. The van der Waals surface area contributed by atoms with Crippen molar-refractivity contribution in [3.8, 4) is 22.9 Å². The molecule has 0 bridgehead atoms. The Morgan fingerprint density at radius 2 is 1.88 bits per heavy atom. The van der Waals surface area contributed by atoms with Crippen molar-refractivity contribution in [2.24, 2.45) is 0 Å². The average Bonchev–Trinajstić information content (AvgIpc) is 3.32. The average molecular weight is 483 g/mol. The van der Waals surface area contributed by atoms with Gasteiger partial charge in [0.25, 0.3) is 5.91 Å². The van der Waals surface area contributed by atoms with Gasteiger partial charge in [-0.1, -0.05) is 35.0 Å². The number of ether oxygens (including phenoxy) is 2. The van der Waals surface area contributed by atoms with Crippen LogP contribution >= 0.6 is 11.6 Å². The summed E-state index contributed by atoms with van der Waals surface area (Å²) in [5.41, 5.74) is 1.86. The quantitative estimate of drug-likeness (QED) is 0.477. The first-order valence-corrected chi connectivity index (χ1v) is 11.5. The van der Waals surface area contributed by atoms with Crippen LogP contribution in [0.1, 0.15) is 18.4 Å². The minimum absolute atomic E-state index is 0.0343. The van der Waals surface area contributed by atoms with Crippen molar-refractivity contribution in [2.75, 3.05) is 39.9 Å². The van der Waals surface area contributed by atoms with Crippen LogP contribution in [0.5, 0.6) is 11.5 Å². The van der Waals surface area contributed by atoms with Crippen LogP contribution in [0.25, 0.3) is 17.5 Å². The van der Waals surface area contributed by atoms with Gasteiger partial charge in [0, 0.05) is 36.8 Å². The molecule has 8 nitrogen and oxygen atoms in total. The molecule has 2 heterocycles. The van der Waals surface area contributed by atoms with E-state index in [1.54, 1.807) is 19.2 Å². The first kappa shape index (κ1) is 23.8. The van der Waals surface area contributed by atoms with Crippen LogP contribution in [-0.4, -0.2) is 65.7 Å². The number of rotatable bonds is 8. The van der Waals surface area contributed by atoms with E-state index in [2.05, 4.69) is 15.0 Å². The van der Waals surface area contributed by atoms with Crippen molar-refractivity contribution in [3.05, 3.63) is 65.0 Å². The summed E-state index contributed by atoms with van der Waals surface area (Å²) in [6.07, 6.45) is 3.93. The molecular weight excluding hydrogens is 456 g/mol. The van der Waals surface area contributed by atoms with Gasteiger partial charge in [0.15, 0.2) is 18.1 Å². The van der Waals surface area contributed by atoms with Gasteiger partial charge >= 0.3 is 0 Å². The van der Waals surface area contributed by atoms with E-state index in [1.807, 2.05) is 54.3 Å². The van der Waals surface area contributed by atoms with Crippen molar-refractivity contribution in [1.29, 1.82) is 0 Å². The Labute approximate surface area is 203 Å². The van der Waals surface area contributed by atoms with Crippen LogP contribution in [0.4, 0.5) is 0 Å². The Kier molecular flexibility index (Phi) is 7.82. The van der Waals surface area contributed by atoms with E-state index in [0.29, 0.717) is 61.0 Å². The van der Waals surface area contributed by atoms with Gasteiger partial charge in [0.05, 0.1) is 13.7 Å².